The molecule has 0 aromatic carbocycles. The fourth-order valence-corrected chi connectivity index (χ4v) is 10.7. The second-order valence-corrected chi connectivity index (χ2v) is 20.9. The Morgan fingerprint density at radius 1 is 0.861 bits per heavy atom. The van der Waals surface area contributed by atoms with Crippen LogP contribution >= 0.6 is 0 Å². The molecule has 17 heteroatoms. The van der Waals surface area contributed by atoms with Crippen molar-refractivity contribution in [2.75, 3.05) is 47.7 Å². The van der Waals surface area contributed by atoms with Crippen LogP contribution in [0.1, 0.15) is 126 Å². The fraction of sp³-hybridized carbons (Fsp3) is 0.745. The molecule has 72 heavy (non-hydrogen) atoms. The first-order valence-corrected chi connectivity index (χ1v) is 26.0. The minimum Gasteiger partial charge on any atom is -0.480 e. The summed E-state index contributed by atoms with van der Waals surface area (Å²) in [5, 5.41) is 32.8. The SMILES string of the molecule is COCCO[C@H]1C[C@@H]2CC[C@@H](C)[C@@](O)(O2)C(=O)C(=O)N2CCCC[C@H]2C(=O)O[C@H]([C@H](C)C[C@@H]2CC[C@@H](OCC(=O)O)[C@H](OC)C2)CC(=O)[C@H](C)/C=C(\C)[C@@H](O)[C@@H](OC)C(=O)[C@H](C)C[C@H](C)/C=C/C=C/C=C/1C. The lowest BCUT2D eigenvalue weighted by Crippen LogP contribution is -2.61. The Labute approximate surface area is 427 Å². The zero-order valence-corrected chi connectivity index (χ0v) is 44.5. The number of hydrogen-bond acceptors (Lipinski definition) is 15. The number of aliphatic hydroxyl groups excluding tert-OH is 1. The van der Waals surface area contributed by atoms with Gasteiger partial charge in [-0.1, -0.05) is 71.1 Å². The molecule has 406 valence electrons. The molecule has 1 aliphatic carbocycles. The van der Waals surface area contributed by atoms with Gasteiger partial charge in [-0.15, -0.1) is 0 Å². The fourth-order valence-electron chi connectivity index (χ4n) is 10.7. The molecule has 2 saturated heterocycles. The van der Waals surface area contributed by atoms with Crippen molar-refractivity contribution < 1.29 is 77.2 Å². The van der Waals surface area contributed by atoms with Gasteiger partial charge < -0.3 is 53.4 Å². The number of carboxylic acids is 1. The van der Waals surface area contributed by atoms with Crippen LogP contribution in [0.5, 0.6) is 0 Å². The van der Waals surface area contributed by atoms with Crippen molar-refractivity contribution in [3.63, 3.8) is 0 Å². The predicted molar refractivity (Wildman–Crippen MR) is 267 cm³/mol. The minimum absolute atomic E-state index is 0.0117. The highest BCUT2D eigenvalue weighted by molar-refractivity contribution is 6.39. The summed E-state index contributed by atoms with van der Waals surface area (Å²) >= 11 is 0. The van der Waals surface area contributed by atoms with Crippen molar-refractivity contribution in [2.24, 2.45) is 35.5 Å². The second kappa shape index (κ2) is 29.2. The van der Waals surface area contributed by atoms with Crippen LogP contribution in [0.3, 0.4) is 0 Å². The molecular formula is C55H85NO16. The summed E-state index contributed by atoms with van der Waals surface area (Å²) in [7, 11) is 4.48. The number of ether oxygens (including phenoxy) is 7. The number of ketones is 3. The number of aliphatic carboxylic acids is 1. The number of cyclic esters (lactones) is 1. The number of aliphatic hydroxyl groups is 2. The van der Waals surface area contributed by atoms with Crippen LogP contribution in [0.25, 0.3) is 0 Å². The van der Waals surface area contributed by atoms with E-state index in [0.29, 0.717) is 70.0 Å². The zero-order chi connectivity index (χ0) is 53.3. The van der Waals surface area contributed by atoms with E-state index >= 15 is 0 Å². The number of esters is 1. The Bertz CT molecular complexity index is 1950. The highest BCUT2D eigenvalue weighted by atomic mass is 16.6. The van der Waals surface area contributed by atoms with E-state index in [-0.39, 0.29) is 61.9 Å². The maximum atomic E-state index is 14.5. The van der Waals surface area contributed by atoms with E-state index in [4.69, 9.17) is 33.2 Å². The van der Waals surface area contributed by atoms with Crippen LogP contribution in [0.15, 0.2) is 47.6 Å². The van der Waals surface area contributed by atoms with Gasteiger partial charge in [-0.25, -0.2) is 9.59 Å². The minimum atomic E-state index is -2.48. The van der Waals surface area contributed by atoms with Crippen LogP contribution in [0.4, 0.5) is 0 Å². The van der Waals surface area contributed by atoms with Crippen molar-refractivity contribution in [3.8, 4) is 0 Å². The average molecular weight is 1020 g/mol. The number of amides is 1. The van der Waals surface area contributed by atoms with Crippen molar-refractivity contribution in [1.29, 1.82) is 0 Å². The van der Waals surface area contributed by atoms with E-state index < -0.39 is 102 Å². The van der Waals surface area contributed by atoms with Gasteiger partial charge in [0, 0.05) is 58.5 Å². The Morgan fingerprint density at radius 3 is 2.28 bits per heavy atom. The molecule has 15 atom stereocenters. The first-order chi connectivity index (χ1) is 34.1. The number of fused-ring (bicyclic) bond motifs is 3. The van der Waals surface area contributed by atoms with E-state index in [1.807, 2.05) is 51.2 Å². The van der Waals surface area contributed by atoms with Gasteiger partial charge in [0.15, 0.2) is 5.78 Å². The average Bonchev–Trinajstić information content (AvgIpc) is 3.35. The molecule has 3 fully saturated rings. The third-order valence-corrected chi connectivity index (χ3v) is 15.2. The lowest BCUT2D eigenvalue weighted by molar-refractivity contribution is -0.266. The summed E-state index contributed by atoms with van der Waals surface area (Å²) in [6, 6.07) is -1.19. The van der Waals surface area contributed by atoms with E-state index in [2.05, 4.69) is 0 Å². The quantitative estimate of drug-likeness (QED) is 0.0842. The van der Waals surface area contributed by atoms with Crippen LogP contribution in [0, 0.1) is 35.5 Å². The molecule has 0 aromatic heterocycles. The van der Waals surface area contributed by atoms with Gasteiger partial charge in [0.25, 0.3) is 11.7 Å². The molecule has 4 rings (SSSR count). The first kappa shape index (κ1) is 60.6. The summed E-state index contributed by atoms with van der Waals surface area (Å²) < 4.78 is 41.0. The standard InChI is InChI=1S/C55H85NO16/c1-33-16-12-11-13-17-34(2)45(69-25-24-66-8)30-41-21-19-39(7)55(65,72-41)52(62)53(63)56-23-15-14-18-42(56)54(64)71-46(36(4)28-40-20-22-44(47(29-40)67-9)70-32-48(58)59)31-43(57)35(3)27-38(6)50(61)51(68-10)49(60)37(5)26-33/h11-13,16-17,27,33,35-37,39-42,44-47,50-51,61,65H,14-15,18-26,28-32H2,1-10H3,(H,58,59)/b13-11+,16-12+,34-17+,38-27+/t33-,35-,36-,37-,39-,40+,41+,42+,44-,45+,46+,47-,50-,51+,55-/m1/s1. The Morgan fingerprint density at radius 2 is 1.60 bits per heavy atom. The number of carbonyl (C=O) groups excluding carboxylic acids is 5. The number of carbonyl (C=O) groups is 6. The Balaban J connectivity index is 1.71. The first-order valence-electron chi connectivity index (χ1n) is 26.0. The summed E-state index contributed by atoms with van der Waals surface area (Å²) in [6.07, 6.45) is 10.5. The van der Waals surface area contributed by atoms with E-state index in [1.165, 1.54) is 12.0 Å². The van der Waals surface area contributed by atoms with Crippen molar-refractivity contribution in [1.82, 2.24) is 4.90 Å². The van der Waals surface area contributed by atoms with Crippen LogP contribution < -0.4 is 0 Å². The summed E-state index contributed by atoms with van der Waals surface area (Å²) in [5.74, 6) is -9.54. The highest BCUT2D eigenvalue weighted by Gasteiger charge is 2.53. The topological polar surface area (TPSA) is 231 Å². The molecule has 0 unspecified atom stereocenters. The lowest BCUT2D eigenvalue weighted by atomic mass is 9.78. The number of rotatable bonds is 12. The molecule has 0 radical (unpaired) electrons. The van der Waals surface area contributed by atoms with Gasteiger partial charge in [0.05, 0.1) is 37.6 Å². The number of methoxy groups -OCH3 is 3. The molecule has 3 aliphatic heterocycles. The molecule has 0 spiro atoms. The number of carboxylic acid groups (broad SMARTS) is 1. The molecule has 1 amide bonds. The van der Waals surface area contributed by atoms with Crippen LogP contribution in [-0.4, -0.2) is 158 Å². The predicted octanol–water partition coefficient (Wildman–Crippen LogP) is 6.31. The Hall–Kier alpha value is -3.94. The molecule has 4 aliphatic rings. The highest BCUT2D eigenvalue weighted by Crippen LogP contribution is 2.38. The van der Waals surface area contributed by atoms with Gasteiger partial charge in [0.1, 0.15) is 36.7 Å². The molecule has 3 N–H and O–H groups in total. The molecular weight excluding hydrogens is 931 g/mol. The Kier molecular flexibility index (Phi) is 24.6. The van der Waals surface area contributed by atoms with Crippen molar-refractivity contribution >= 4 is 35.2 Å². The molecule has 3 heterocycles. The van der Waals surface area contributed by atoms with E-state index in [9.17, 15) is 44.1 Å². The maximum Gasteiger partial charge on any atom is 0.329 e. The van der Waals surface area contributed by atoms with E-state index in [0.717, 1.165) is 5.57 Å². The monoisotopic (exact) mass is 1020 g/mol. The number of nitrogens with zero attached hydrogens (tertiary/aromatic N) is 1. The molecule has 1 saturated carbocycles. The molecule has 17 nitrogen and oxygen atoms in total. The molecule has 2 bridgehead atoms. The largest absolute Gasteiger partial charge is 0.480 e. The zero-order valence-electron chi connectivity index (χ0n) is 44.5. The summed E-state index contributed by atoms with van der Waals surface area (Å²) in [5.41, 5.74) is 1.21. The van der Waals surface area contributed by atoms with Gasteiger partial charge in [-0.05, 0) is 107 Å². The molecule has 0 aromatic rings. The van der Waals surface area contributed by atoms with Gasteiger partial charge in [0.2, 0.25) is 5.79 Å². The normalized spacial score (nSPS) is 37.6. The third kappa shape index (κ3) is 17.1. The van der Waals surface area contributed by atoms with Crippen LogP contribution in [0.2, 0.25) is 0 Å². The number of hydrogen-bond donors (Lipinski definition) is 3. The van der Waals surface area contributed by atoms with Crippen LogP contribution in [-0.2, 0) is 61.9 Å². The van der Waals surface area contributed by atoms with Crippen molar-refractivity contribution in [3.05, 3.63) is 47.6 Å². The number of piperidine rings is 1. The smallest absolute Gasteiger partial charge is 0.329 e. The number of allylic oxidation sites excluding steroid dienone is 6. The third-order valence-electron chi connectivity index (χ3n) is 15.2. The van der Waals surface area contributed by atoms with Crippen molar-refractivity contribution in [2.45, 2.75) is 180 Å². The van der Waals surface area contributed by atoms with Gasteiger partial charge in [-0.2, -0.15) is 0 Å². The number of Topliss-reactive ketones (excluding diaryl/α,β-unsaturated/α-hetero) is 3. The second-order valence-electron chi connectivity index (χ2n) is 20.9. The summed E-state index contributed by atoms with van der Waals surface area (Å²) in [4.78, 5) is 83.8. The van der Waals surface area contributed by atoms with Gasteiger partial charge in [-0.3, -0.25) is 19.2 Å². The maximum absolute atomic E-state index is 14.5. The summed E-state index contributed by atoms with van der Waals surface area (Å²) in [6.45, 7) is 12.8. The van der Waals surface area contributed by atoms with E-state index in [1.54, 1.807) is 48.0 Å². The lowest BCUT2D eigenvalue weighted by Gasteiger charge is -2.43. The van der Waals surface area contributed by atoms with Gasteiger partial charge >= 0.3 is 11.9 Å².